The van der Waals surface area contributed by atoms with Gasteiger partial charge in [0.15, 0.2) is 0 Å². The molecule has 0 aliphatic carbocycles. The zero-order chi connectivity index (χ0) is 20.9. The number of hydrogen-bond donors (Lipinski definition) is 4. The van der Waals surface area contributed by atoms with Crippen LogP contribution in [0.5, 0.6) is 0 Å². The van der Waals surface area contributed by atoms with Crippen molar-refractivity contribution < 1.29 is 18.7 Å². The maximum absolute atomic E-state index is 11.8. The van der Waals surface area contributed by atoms with Crippen LogP contribution in [0.15, 0.2) is 57.9 Å². The topological polar surface area (TPSA) is 116 Å². The van der Waals surface area contributed by atoms with Crippen molar-refractivity contribution in [3.63, 3.8) is 0 Å². The Labute approximate surface area is 177 Å². The third kappa shape index (κ3) is 3.39. The van der Waals surface area contributed by atoms with Crippen LogP contribution in [0.2, 0.25) is 0 Å². The maximum Gasteiger partial charge on any atom is 0.290 e. The number of pyridine rings is 1. The lowest BCUT2D eigenvalue weighted by Gasteiger charge is -2.25. The number of carbonyl (C=O) groups excluding carboxylic acids is 2. The zero-order valence-corrected chi connectivity index (χ0v) is 17.0. The molecule has 0 bridgehead atoms. The van der Waals surface area contributed by atoms with Crippen LogP contribution in [0.4, 0.5) is 10.5 Å². The number of hydrogen-bond acceptors (Lipinski definition) is 7. The van der Waals surface area contributed by atoms with Gasteiger partial charge in [-0.1, -0.05) is 6.07 Å². The van der Waals surface area contributed by atoms with Crippen molar-refractivity contribution >= 4 is 57.0 Å². The molecule has 0 unspecified atom stereocenters. The van der Waals surface area contributed by atoms with Gasteiger partial charge in [0.1, 0.15) is 5.65 Å². The fourth-order valence-electron chi connectivity index (χ4n) is 3.31. The van der Waals surface area contributed by atoms with Crippen molar-refractivity contribution in [1.82, 2.24) is 14.7 Å². The number of thioether (sulfide) groups is 1. The van der Waals surface area contributed by atoms with Crippen LogP contribution in [0, 0.1) is 0 Å². The summed E-state index contributed by atoms with van der Waals surface area (Å²) in [5, 5.41) is 6.58. The van der Waals surface area contributed by atoms with Crippen LogP contribution in [0.25, 0.3) is 17.8 Å². The molecule has 2 amide bonds. The number of nitrogens with zero attached hydrogens (tertiary/aromatic N) is 2. The van der Waals surface area contributed by atoms with Crippen molar-refractivity contribution in [3.8, 4) is 0 Å². The normalized spacial score (nSPS) is 19.3. The van der Waals surface area contributed by atoms with Crippen LogP contribution in [-0.2, 0) is 11.3 Å². The Balaban J connectivity index is 1.39. The summed E-state index contributed by atoms with van der Waals surface area (Å²) >= 11 is 0.877. The molecule has 4 N–H and O–H groups in total. The average molecular weight is 441 g/mol. The van der Waals surface area contributed by atoms with Crippen molar-refractivity contribution in [2.75, 3.05) is 5.32 Å². The lowest BCUT2D eigenvalue weighted by Crippen LogP contribution is -2.17. The van der Waals surface area contributed by atoms with E-state index >= 15 is 0 Å². The highest BCUT2D eigenvalue weighted by molar-refractivity contribution is 8.27. The minimum Gasteiger partial charge on any atom is -0.379 e. The molecule has 5 rings (SSSR count). The number of nitrogens with one attached hydrogen (secondary N) is 2. The number of imidazole rings is 1. The molecule has 4 heterocycles. The minimum atomic E-state index is -2.86. The first-order valence-electron chi connectivity index (χ1n) is 8.94. The largest absolute Gasteiger partial charge is 0.379 e. The maximum atomic E-state index is 11.8. The van der Waals surface area contributed by atoms with Gasteiger partial charge in [-0.15, -0.1) is 10.6 Å². The standard InChI is InChI=1S/C20H16N4O4S2/c25-19-16(29-20(26)23-19)7-12-1-4-18-22-10-15(24(18)11-12)9-21-14-3-2-13-5-6-30(27,28)17(13)8-14/h1-8,10-11,21,27-28H,9H2,(H,23,25,26)/b16-7-. The highest BCUT2D eigenvalue weighted by atomic mass is 32.3. The van der Waals surface area contributed by atoms with Gasteiger partial charge >= 0.3 is 0 Å². The number of carbonyl (C=O) groups is 2. The summed E-state index contributed by atoms with van der Waals surface area (Å²) in [6.45, 7) is 0.459. The second kappa shape index (κ2) is 7.03. The predicted octanol–water partition coefficient (Wildman–Crippen LogP) is 4.36. The molecular weight excluding hydrogens is 424 g/mol. The van der Waals surface area contributed by atoms with E-state index in [0.717, 1.165) is 39.9 Å². The molecule has 30 heavy (non-hydrogen) atoms. The lowest BCUT2D eigenvalue weighted by atomic mass is 10.2. The summed E-state index contributed by atoms with van der Waals surface area (Å²) in [6, 6.07) is 9.15. The van der Waals surface area contributed by atoms with Gasteiger partial charge < -0.3 is 9.72 Å². The summed E-state index contributed by atoms with van der Waals surface area (Å²) in [4.78, 5) is 28.4. The number of anilines is 1. The van der Waals surface area contributed by atoms with Crippen LogP contribution in [-0.4, -0.2) is 29.6 Å². The summed E-state index contributed by atoms with van der Waals surface area (Å²) < 4.78 is 22.1. The van der Waals surface area contributed by atoms with Gasteiger partial charge in [-0.3, -0.25) is 24.0 Å². The Kier molecular flexibility index (Phi) is 4.44. The highest BCUT2D eigenvalue weighted by Gasteiger charge is 2.25. The van der Waals surface area contributed by atoms with E-state index in [1.807, 2.05) is 34.9 Å². The molecule has 3 aromatic rings. The van der Waals surface area contributed by atoms with Gasteiger partial charge in [-0.2, -0.15) is 0 Å². The molecule has 2 aliphatic rings. The first-order chi connectivity index (χ1) is 14.4. The second-order valence-electron chi connectivity index (χ2n) is 6.79. The van der Waals surface area contributed by atoms with E-state index in [-0.39, 0.29) is 5.24 Å². The Morgan fingerprint density at radius 1 is 1.23 bits per heavy atom. The van der Waals surface area contributed by atoms with Gasteiger partial charge in [0.05, 0.1) is 28.2 Å². The third-order valence-electron chi connectivity index (χ3n) is 4.79. The van der Waals surface area contributed by atoms with Crippen LogP contribution >= 0.6 is 22.4 Å². The number of fused-ring (bicyclic) bond motifs is 2. The lowest BCUT2D eigenvalue weighted by molar-refractivity contribution is -0.115. The summed E-state index contributed by atoms with van der Waals surface area (Å²) in [7, 11) is -2.86. The summed E-state index contributed by atoms with van der Waals surface area (Å²) in [5.41, 5.74) is 3.98. The fraction of sp³-hybridized carbons (Fsp3) is 0.0500. The van der Waals surface area contributed by atoms with Gasteiger partial charge in [0, 0.05) is 17.3 Å². The predicted molar refractivity (Wildman–Crippen MR) is 118 cm³/mol. The SMILES string of the molecule is O=C1NC(=O)/C(=C/c2ccc3ncc(CNc4ccc5c(c4)S(O)(O)C=C5)n3c2)S1. The third-order valence-corrected chi connectivity index (χ3v) is 7.12. The van der Waals surface area contributed by atoms with Gasteiger partial charge in [0.25, 0.3) is 11.1 Å². The number of benzene rings is 1. The second-order valence-corrected chi connectivity index (χ2v) is 9.71. The molecule has 0 saturated carbocycles. The molecular formula is C20H16N4O4S2. The van der Waals surface area contributed by atoms with Crippen molar-refractivity contribution in [3.05, 3.63) is 69.9 Å². The van der Waals surface area contributed by atoms with E-state index in [2.05, 4.69) is 15.6 Å². The quantitative estimate of drug-likeness (QED) is 0.445. The smallest absolute Gasteiger partial charge is 0.290 e. The molecule has 1 aromatic carbocycles. The van der Waals surface area contributed by atoms with E-state index in [1.165, 1.54) is 5.41 Å². The van der Waals surface area contributed by atoms with E-state index < -0.39 is 16.5 Å². The average Bonchev–Trinajstić information content (AvgIpc) is 3.35. The number of amides is 2. The van der Waals surface area contributed by atoms with E-state index in [9.17, 15) is 18.7 Å². The summed E-state index contributed by atoms with van der Waals surface area (Å²) in [5.74, 6) is -0.394. The van der Waals surface area contributed by atoms with E-state index in [1.54, 1.807) is 24.4 Å². The number of imide groups is 1. The van der Waals surface area contributed by atoms with Crippen LogP contribution in [0.3, 0.4) is 0 Å². The molecule has 2 aliphatic heterocycles. The molecule has 1 saturated heterocycles. The number of rotatable bonds is 4. The molecule has 10 heteroatoms. The van der Waals surface area contributed by atoms with E-state index in [0.29, 0.717) is 16.3 Å². The Morgan fingerprint density at radius 3 is 2.90 bits per heavy atom. The highest BCUT2D eigenvalue weighted by Crippen LogP contribution is 2.56. The molecule has 0 spiro atoms. The zero-order valence-electron chi connectivity index (χ0n) is 15.4. The molecule has 0 atom stereocenters. The van der Waals surface area contributed by atoms with Crippen LogP contribution in [0.1, 0.15) is 16.8 Å². The van der Waals surface area contributed by atoms with Crippen molar-refractivity contribution in [2.45, 2.75) is 11.4 Å². The van der Waals surface area contributed by atoms with Crippen LogP contribution < -0.4 is 10.6 Å². The van der Waals surface area contributed by atoms with Gasteiger partial charge in [-0.25, -0.2) is 4.98 Å². The Bertz CT molecular complexity index is 1280. The first-order valence-corrected chi connectivity index (χ1v) is 11.4. The summed E-state index contributed by atoms with van der Waals surface area (Å²) in [6.07, 6.45) is 6.99. The first kappa shape index (κ1) is 18.9. The molecule has 2 aromatic heterocycles. The van der Waals surface area contributed by atoms with Gasteiger partial charge in [-0.05, 0) is 59.3 Å². The van der Waals surface area contributed by atoms with Gasteiger partial charge in [0.2, 0.25) is 0 Å². The number of aromatic nitrogens is 2. The fourth-order valence-corrected chi connectivity index (χ4v) is 5.26. The molecule has 1 fully saturated rings. The monoisotopic (exact) mass is 440 g/mol. The van der Waals surface area contributed by atoms with Crippen molar-refractivity contribution in [1.29, 1.82) is 0 Å². The Morgan fingerprint density at radius 2 is 2.10 bits per heavy atom. The molecule has 0 radical (unpaired) electrons. The minimum absolute atomic E-state index is 0.352. The van der Waals surface area contributed by atoms with E-state index in [4.69, 9.17) is 0 Å². The molecule has 8 nitrogen and oxygen atoms in total. The Hall–Kier alpha value is -3.05. The molecule has 152 valence electrons. The van der Waals surface area contributed by atoms with Crippen molar-refractivity contribution in [2.24, 2.45) is 0 Å².